The predicted octanol–water partition coefficient (Wildman–Crippen LogP) is 2.39. The summed E-state index contributed by atoms with van der Waals surface area (Å²) in [6.07, 6.45) is 0. The van der Waals surface area contributed by atoms with E-state index in [0.717, 1.165) is 0 Å². The number of rotatable bonds is 3. The number of methoxy groups -OCH3 is 1. The number of carbonyl (C=O) groups excluding carboxylic acids is 1. The molecule has 2 aromatic rings. The van der Waals surface area contributed by atoms with Gasteiger partial charge in [-0.3, -0.25) is 10.2 Å². The van der Waals surface area contributed by atoms with Crippen molar-refractivity contribution < 1.29 is 13.9 Å². The van der Waals surface area contributed by atoms with Crippen LogP contribution >= 0.6 is 23.2 Å². The Morgan fingerprint density at radius 2 is 2.09 bits per heavy atom. The first-order chi connectivity index (χ1) is 10.4. The van der Waals surface area contributed by atoms with Gasteiger partial charge in [-0.2, -0.15) is 0 Å². The zero-order valence-electron chi connectivity index (χ0n) is 11.3. The smallest absolute Gasteiger partial charge is 0.285 e. The van der Waals surface area contributed by atoms with Crippen molar-refractivity contribution in [1.82, 2.24) is 10.4 Å². The Balaban J connectivity index is 2.69. The minimum Gasteiger partial charge on any atom is -0.492 e. The lowest BCUT2D eigenvalue weighted by molar-refractivity contribution is 0.0949. The Hall–Kier alpha value is -2.09. The summed E-state index contributed by atoms with van der Waals surface area (Å²) in [5.41, 5.74) is 7.60. The molecule has 0 aliphatic rings. The second-order valence-electron chi connectivity index (χ2n) is 4.17. The van der Waals surface area contributed by atoms with Gasteiger partial charge in [0.2, 0.25) is 0 Å². The first kappa shape index (κ1) is 16.3. The van der Waals surface area contributed by atoms with E-state index in [1.54, 1.807) is 0 Å². The van der Waals surface area contributed by atoms with Crippen LogP contribution in [0.4, 0.5) is 10.1 Å². The zero-order chi connectivity index (χ0) is 16.4. The van der Waals surface area contributed by atoms with Crippen molar-refractivity contribution in [2.45, 2.75) is 0 Å². The molecule has 9 heteroatoms. The first-order valence-electron chi connectivity index (χ1n) is 5.90. The largest absolute Gasteiger partial charge is 0.492 e. The van der Waals surface area contributed by atoms with Gasteiger partial charge in [0.15, 0.2) is 17.3 Å². The van der Waals surface area contributed by atoms with E-state index >= 15 is 0 Å². The average molecular weight is 345 g/mol. The summed E-state index contributed by atoms with van der Waals surface area (Å²) in [5.74, 6) is 3.43. The van der Waals surface area contributed by atoms with E-state index < -0.39 is 11.7 Å². The van der Waals surface area contributed by atoms with Crippen molar-refractivity contribution in [3.8, 4) is 17.0 Å². The molecule has 22 heavy (non-hydrogen) atoms. The number of nitrogens with zero attached hydrogens (tertiary/aromatic N) is 1. The zero-order valence-corrected chi connectivity index (χ0v) is 12.8. The van der Waals surface area contributed by atoms with E-state index in [1.807, 2.05) is 5.43 Å². The quantitative estimate of drug-likeness (QED) is 0.450. The number of nitrogen functional groups attached to an aromatic ring is 2. The number of amides is 1. The van der Waals surface area contributed by atoms with Gasteiger partial charge in [-0.1, -0.05) is 23.2 Å². The average Bonchev–Trinajstić information content (AvgIpc) is 2.50. The van der Waals surface area contributed by atoms with Crippen LogP contribution in [-0.4, -0.2) is 18.0 Å². The maximum Gasteiger partial charge on any atom is 0.285 e. The number of ether oxygens (including phenoxy) is 1. The molecule has 0 aliphatic heterocycles. The summed E-state index contributed by atoms with van der Waals surface area (Å²) in [6, 6.07) is 4.16. The molecule has 0 radical (unpaired) electrons. The lowest BCUT2D eigenvalue weighted by Crippen LogP contribution is -2.31. The molecular formula is C13H11Cl2FN4O2. The van der Waals surface area contributed by atoms with Gasteiger partial charge in [0, 0.05) is 5.56 Å². The maximum atomic E-state index is 14.4. The number of carbonyl (C=O) groups is 1. The summed E-state index contributed by atoms with van der Waals surface area (Å²) in [4.78, 5) is 15.7. The van der Waals surface area contributed by atoms with Gasteiger partial charge < -0.3 is 10.5 Å². The number of anilines is 1. The molecule has 1 aromatic carbocycles. The number of hydrazine groups is 1. The summed E-state index contributed by atoms with van der Waals surface area (Å²) in [6.45, 7) is 0. The van der Waals surface area contributed by atoms with Crippen LogP contribution in [-0.2, 0) is 0 Å². The maximum absolute atomic E-state index is 14.4. The number of aromatic nitrogens is 1. The first-order valence-corrected chi connectivity index (χ1v) is 6.65. The van der Waals surface area contributed by atoms with E-state index in [2.05, 4.69) is 4.98 Å². The summed E-state index contributed by atoms with van der Waals surface area (Å²) in [7, 11) is 1.28. The van der Waals surface area contributed by atoms with Crippen LogP contribution in [0.15, 0.2) is 18.2 Å². The highest BCUT2D eigenvalue weighted by Crippen LogP contribution is 2.36. The van der Waals surface area contributed by atoms with Crippen molar-refractivity contribution in [2.75, 3.05) is 12.8 Å². The van der Waals surface area contributed by atoms with Gasteiger partial charge in [-0.05, 0) is 18.2 Å². The number of hydrogen-bond acceptors (Lipinski definition) is 5. The normalized spacial score (nSPS) is 10.4. The van der Waals surface area contributed by atoms with Gasteiger partial charge in [0.1, 0.15) is 0 Å². The van der Waals surface area contributed by atoms with Gasteiger partial charge in [0.05, 0.1) is 28.5 Å². The molecule has 0 atom stereocenters. The van der Waals surface area contributed by atoms with Crippen LogP contribution in [0, 0.1) is 5.82 Å². The number of halogens is 3. The Morgan fingerprint density at radius 1 is 1.41 bits per heavy atom. The third-order valence-electron chi connectivity index (χ3n) is 2.86. The molecular weight excluding hydrogens is 334 g/mol. The van der Waals surface area contributed by atoms with Crippen LogP contribution in [0.2, 0.25) is 10.0 Å². The van der Waals surface area contributed by atoms with E-state index in [0.29, 0.717) is 0 Å². The Bertz CT molecular complexity index is 755. The minimum absolute atomic E-state index is 0.0516. The Kier molecular flexibility index (Phi) is 4.70. The summed E-state index contributed by atoms with van der Waals surface area (Å²) < 4.78 is 19.3. The molecule has 1 aromatic heterocycles. The molecule has 0 saturated heterocycles. The van der Waals surface area contributed by atoms with Gasteiger partial charge in [0.25, 0.3) is 5.91 Å². The third kappa shape index (κ3) is 2.78. The fraction of sp³-hybridized carbons (Fsp3) is 0.0769. The summed E-state index contributed by atoms with van der Waals surface area (Å²) in [5, 5.41) is 0.0265. The monoisotopic (exact) mass is 344 g/mol. The van der Waals surface area contributed by atoms with Gasteiger partial charge in [-0.15, -0.1) is 0 Å². The molecule has 0 unspecified atom stereocenters. The molecule has 0 fully saturated rings. The standard InChI is InChI=1S/C13H11Cl2FN4O2/c1-22-12-6(14)3-2-5(10(12)16)8-4-7(17)9(15)11(19-8)13(21)20-18/h2-4H,18H2,1H3,(H2,17,19)(H,20,21). The van der Waals surface area contributed by atoms with Gasteiger partial charge >= 0.3 is 0 Å². The van der Waals surface area contributed by atoms with Crippen molar-refractivity contribution in [3.05, 3.63) is 39.8 Å². The van der Waals surface area contributed by atoms with E-state index in [-0.39, 0.29) is 38.4 Å². The van der Waals surface area contributed by atoms with Crippen molar-refractivity contribution >= 4 is 34.8 Å². The lowest BCUT2D eigenvalue weighted by atomic mass is 10.1. The van der Waals surface area contributed by atoms with E-state index in [9.17, 15) is 9.18 Å². The lowest BCUT2D eigenvalue weighted by Gasteiger charge is -2.12. The fourth-order valence-electron chi connectivity index (χ4n) is 1.82. The highest BCUT2D eigenvalue weighted by atomic mass is 35.5. The molecule has 1 amide bonds. The predicted molar refractivity (Wildman–Crippen MR) is 82.3 cm³/mol. The van der Waals surface area contributed by atoms with Gasteiger partial charge in [-0.25, -0.2) is 15.2 Å². The minimum atomic E-state index is -0.750. The molecule has 0 spiro atoms. The van der Waals surface area contributed by atoms with Crippen LogP contribution < -0.4 is 21.7 Å². The van der Waals surface area contributed by atoms with Crippen LogP contribution in [0.1, 0.15) is 10.5 Å². The molecule has 0 bridgehead atoms. The molecule has 116 valence electrons. The highest BCUT2D eigenvalue weighted by molar-refractivity contribution is 6.36. The van der Waals surface area contributed by atoms with Crippen molar-refractivity contribution in [2.24, 2.45) is 5.84 Å². The SMILES string of the molecule is COc1c(Cl)ccc(-c2cc(N)c(Cl)c(C(=O)NN)n2)c1F. The Labute approximate surface area is 135 Å². The number of hydrogen-bond donors (Lipinski definition) is 3. The van der Waals surface area contributed by atoms with Crippen LogP contribution in [0.25, 0.3) is 11.3 Å². The molecule has 5 N–H and O–H groups in total. The van der Waals surface area contributed by atoms with E-state index in [1.165, 1.54) is 25.3 Å². The number of pyridine rings is 1. The molecule has 2 rings (SSSR count). The molecule has 1 heterocycles. The number of nitrogens with one attached hydrogen (secondary N) is 1. The van der Waals surface area contributed by atoms with Crippen LogP contribution in [0.5, 0.6) is 5.75 Å². The second-order valence-corrected chi connectivity index (χ2v) is 4.96. The third-order valence-corrected chi connectivity index (χ3v) is 3.56. The number of benzene rings is 1. The van der Waals surface area contributed by atoms with Crippen molar-refractivity contribution in [3.63, 3.8) is 0 Å². The van der Waals surface area contributed by atoms with Crippen molar-refractivity contribution in [1.29, 1.82) is 0 Å². The molecule has 6 nitrogen and oxygen atoms in total. The summed E-state index contributed by atoms with van der Waals surface area (Å²) >= 11 is 11.7. The molecule has 0 aliphatic carbocycles. The Morgan fingerprint density at radius 3 is 2.68 bits per heavy atom. The topological polar surface area (TPSA) is 103 Å². The second kappa shape index (κ2) is 6.35. The fourth-order valence-corrected chi connectivity index (χ4v) is 2.23. The van der Waals surface area contributed by atoms with E-state index in [4.69, 9.17) is 39.5 Å². The number of nitrogens with two attached hydrogens (primary N) is 2. The molecule has 0 saturated carbocycles. The van der Waals surface area contributed by atoms with Crippen LogP contribution in [0.3, 0.4) is 0 Å². The highest BCUT2D eigenvalue weighted by Gasteiger charge is 2.20.